The molecule has 88 valence electrons. The van der Waals surface area contributed by atoms with Crippen LogP contribution in [0, 0.1) is 26.2 Å². The monoisotopic (exact) mass is 242 g/mol. The lowest BCUT2D eigenvalue weighted by molar-refractivity contribution is 0.390. The van der Waals surface area contributed by atoms with E-state index in [0.29, 0.717) is 12.1 Å². The second-order valence-electron chi connectivity index (χ2n) is 3.58. The van der Waals surface area contributed by atoms with Crippen LogP contribution in [0.15, 0.2) is 9.42 Å². The summed E-state index contributed by atoms with van der Waals surface area (Å²) in [6.45, 7) is 4.84. The predicted octanol–water partition coefficient (Wildman–Crippen LogP) is 0.982. The molecule has 0 aliphatic heterocycles. The van der Waals surface area contributed by atoms with Crippen LogP contribution in [0.25, 0.3) is 0 Å². The van der Waals surface area contributed by atoms with Crippen LogP contribution < -0.4 is 4.72 Å². The standard InChI is InChI=1S/C10H14N2O3S/c1-5-6-7(2)12-16(13,14)10-8(3)11-15-9(10)4/h1,7,12H,6H2,2-4H3. The zero-order valence-electron chi connectivity index (χ0n) is 9.44. The van der Waals surface area contributed by atoms with Crippen molar-refractivity contribution in [3.05, 3.63) is 11.5 Å². The lowest BCUT2D eigenvalue weighted by Gasteiger charge is -2.10. The SMILES string of the molecule is C#CCC(C)NS(=O)(=O)c1c(C)noc1C. The van der Waals surface area contributed by atoms with Crippen LogP contribution in [0.1, 0.15) is 24.8 Å². The van der Waals surface area contributed by atoms with Gasteiger partial charge in [0, 0.05) is 12.5 Å². The highest BCUT2D eigenvalue weighted by Crippen LogP contribution is 2.18. The Morgan fingerprint density at radius 2 is 2.19 bits per heavy atom. The molecule has 1 aromatic heterocycles. The minimum absolute atomic E-state index is 0.0939. The van der Waals surface area contributed by atoms with Crippen LogP contribution in [0.2, 0.25) is 0 Å². The van der Waals surface area contributed by atoms with Gasteiger partial charge in [-0.25, -0.2) is 13.1 Å². The quantitative estimate of drug-likeness (QED) is 0.799. The van der Waals surface area contributed by atoms with Crippen LogP contribution in [-0.2, 0) is 10.0 Å². The first-order valence-electron chi connectivity index (χ1n) is 4.77. The molecule has 0 radical (unpaired) electrons. The van der Waals surface area contributed by atoms with Gasteiger partial charge in [-0.05, 0) is 20.8 Å². The molecule has 0 spiro atoms. The molecule has 5 nitrogen and oxygen atoms in total. The van der Waals surface area contributed by atoms with Gasteiger partial charge in [-0.15, -0.1) is 12.3 Å². The molecule has 0 saturated carbocycles. The van der Waals surface area contributed by atoms with Gasteiger partial charge in [0.2, 0.25) is 10.0 Å². The molecule has 1 atom stereocenters. The maximum Gasteiger partial charge on any atom is 0.246 e. The van der Waals surface area contributed by atoms with Crippen molar-refractivity contribution >= 4 is 10.0 Å². The summed E-state index contributed by atoms with van der Waals surface area (Å²) in [6.07, 6.45) is 5.45. The number of nitrogens with zero attached hydrogens (tertiary/aromatic N) is 1. The van der Waals surface area contributed by atoms with E-state index in [4.69, 9.17) is 10.9 Å². The number of nitrogens with one attached hydrogen (secondary N) is 1. The maximum atomic E-state index is 11.9. The van der Waals surface area contributed by atoms with E-state index in [9.17, 15) is 8.42 Å². The molecule has 0 amide bonds. The lowest BCUT2D eigenvalue weighted by atomic mass is 10.3. The Kier molecular flexibility index (Phi) is 3.73. The molecule has 0 bridgehead atoms. The van der Waals surface area contributed by atoms with E-state index >= 15 is 0 Å². The molecule has 1 aromatic rings. The van der Waals surface area contributed by atoms with E-state index < -0.39 is 10.0 Å². The smallest absolute Gasteiger partial charge is 0.246 e. The molecule has 16 heavy (non-hydrogen) atoms. The van der Waals surface area contributed by atoms with Gasteiger partial charge in [0.15, 0.2) is 5.76 Å². The van der Waals surface area contributed by atoms with Crippen molar-refractivity contribution in [3.63, 3.8) is 0 Å². The lowest BCUT2D eigenvalue weighted by Crippen LogP contribution is -2.32. The number of sulfonamides is 1. The molecule has 1 rings (SSSR count). The van der Waals surface area contributed by atoms with Crippen LogP contribution in [0.3, 0.4) is 0 Å². The molecule has 6 heteroatoms. The third-order valence-corrected chi connectivity index (χ3v) is 3.85. The Morgan fingerprint density at radius 1 is 1.56 bits per heavy atom. The van der Waals surface area contributed by atoms with Gasteiger partial charge >= 0.3 is 0 Å². The second kappa shape index (κ2) is 4.68. The van der Waals surface area contributed by atoms with E-state index in [1.165, 1.54) is 0 Å². The van der Waals surface area contributed by atoms with Crippen molar-refractivity contribution in [2.24, 2.45) is 0 Å². The fourth-order valence-corrected chi connectivity index (χ4v) is 2.97. The fraction of sp³-hybridized carbons (Fsp3) is 0.500. The minimum Gasteiger partial charge on any atom is -0.360 e. The average molecular weight is 242 g/mol. The van der Waals surface area contributed by atoms with Crippen molar-refractivity contribution < 1.29 is 12.9 Å². The first-order chi connectivity index (χ1) is 7.38. The van der Waals surface area contributed by atoms with E-state index in [-0.39, 0.29) is 16.7 Å². The number of hydrogen-bond donors (Lipinski definition) is 1. The summed E-state index contributed by atoms with van der Waals surface area (Å²) < 4.78 is 31.2. The summed E-state index contributed by atoms with van der Waals surface area (Å²) in [5.74, 6) is 2.67. The van der Waals surface area contributed by atoms with Crippen molar-refractivity contribution in [1.82, 2.24) is 9.88 Å². The van der Waals surface area contributed by atoms with Crippen LogP contribution in [0.5, 0.6) is 0 Å². The van der Waals surface area contributed by atoms with E-state index in [1.54, 1.807) is 20.8 Å². The molecule has 0 aromatic carbocycles. The van der Waals surface area contributed by atoms with Gasteiger partial charge in [-0.1, -0.05) is 5.16 Å². The zero-order chi connectivity index (χ0) is 12.3. The summed E-state index contributed by atoms with van der Waals surface area (Å²) in [5, 5.41) is 3.60. The third kappa shape index (κ3) is 2.62. The van der Waals surface area contributed by atoms with Crippen molar-refractivity contribution in [2.45, 2.75) is 38.1 Å². The first-order valence-corrected chi connectivity index (χ1v) is 6.25. The van der Waals surface area contributed by atoms with E-state index in [0.717, 1.165) is 0 Å². The Balaban J connectivity index is 3.00. The van der Waals surface area contributed by atoms with E-state index in [1.807, 2.05) is 0 Å². The highest BCUT2D eigenvalue weighted by Gasteiger charge is 2.25. The Morgan fingerprint density at radius 3 is 2.62 bits per heavy atom. The van der Waals surface area contributed by atoms with Crippen LogP contribution >= 0.6 is 0 Å². The number of hydrogen-bond acceptors (Lipinski definition) is 4. The van der Waals surface area contributed by atoms with Crippen molar-refractivity contribution in [2.75, 3.05) is 0 Å². The molecule has 1 unspecified atom stereocenters. The normalized spacial score (nSPS) is 13.4. The van der Waals surface area contributed by atoms with Gasteiger partial charge in [-0.2, -0.15) is 0 Å². The summed E-state index contributed by atoms with van der Waals surface area (Å²) in [6, 6.07) is -0.316. The molecular formula is C10H14N2O3S. The highest BCUT2D eigenvalue weighted by atomic mass is 32.2. The van der Waals surface area contributed by atoms with Crippen LogP contribution in [0.4, 0.5) is 0 Å². The van der Waals surface area contributed by atoms with Gasteiger partial charge < -0.3 is 4.52 Å². The summed E-state index contributed by atoms with van der Waals surface area (Å²) in [4.78, 5) is 0.0939. The minimum atomic E-state index is -3.60. The van der Waals surface area contributed by atoms with Crippen molar-refractivity contribution in [1.29, 1.82) is 0 Å². The second-order valence-corrected chi connectivity index (χ2v) is 5.23. The topological polar surface area (TPSA) is 72.2 Å². The van der Waals surface area contributed by atoms with Gasteiger partial charge in [0.25, 0.3) is 0 Å². The number of aryl methyl sites for hydroxylation is 2. The predicted molar refractivity (Wildman–Crippen MR) is 59.2 cm³/mol. The van der Waals surface area contributed by atoms with Gasteiger partial charge in [0.05, 0.1) is 0 Å². The van der Waals surface area contributed by atoms with Gasteiger partial charge in [-0.3, -0.25) is 0 Å². The summed E-state index contributed by atoms with van der Waals surface area (Å²) in [5.41, 5.74) is 0.345. The molecule has 1 heterocycles. The molecule has 0 aliphatic rings. The first kappa shape index (κ1) is 12.7. The van der Waals surface area contributed by atoms with Crippen LogP contribution in [-0.4, -0.2) is 19.6 Å². The fourth-order valence-electron chi connectivity index (χ4n) is 1.40. The molecule has 1 N–H and O–H groups in total. The van der Waals surface area contributed by atoms with Gasteiger partial charge in [0.1, 0.15) is 10.6 Å². The highest BCUT2D eigenvalue weighted by molar-refractivity contribution is 7.89. The maximum absolute atomic E-state index is 11.9. The summed E-state index contributed by atoms with van der Waals surface area (Å²) >= 11 is 0. The number of terminal acetylenes is 1. The van der Waals surface area contributed by atoms with E-state index in [2.05, 4.69) is 15.8 Å². The summed E-state index contributed by atoms with van der Waals surface area (Å²) in [7, 11) is -3.60. The Hall–Kier alpha value is -1.32. The average Bonchev–Trinajstić information content (AvgIpc) is 2.45. The third-order valence-electron chi connectivity index (χ3n) is 2.02. The molecule has 0 fully saturated rings. The molecular weight excluding hydrogens is 228 g/mol. The number of aromatic nitrogens is 1. The Labute approximate surface area is 95.3 Å². The molecule has 0 saturated heterocycles. The largest absolute Gasteiger partial charge is 0.360 e. The zero-order valence-corrected chi connectivity index (χ0v) is 10.3. The Bertz CT molecular complexity index is 491. The molecule has 0 aliphatic carbocycles. The van der Waals surface area contributed by atoms with Crippen molar-refractivity contribution in [3.8, 4) is 12.3 Å². The number of rotatable bonds is 4.